The molecule has 1 amide bonds. The third kappa shape index (κ3) is 2.79. The van der Waals surface area contributed by atoms with Crippen molar-refractivity contribution in [3.05, 3.63) is 29.6 Å². The van der Waals surface area contributed by atoms with Crippen molar-refractivity contribution in [1.29, 1.82) is 0 Å². The molecule has 1 aromatic heterocycles. The molecule has 0 fully saturated rings. The van der Waals surface area contributed by atoms with Crippen molar-refractivity contribution in [3.8, 4) is 0 Å². The van der Waals surface area contributed by atoms with Gasteiger partial charge in [0, 0.05) is 25.3 Å². The number of nitrogens with zero attached hydrogens (tertiary/aromatic N) is 2. The Balaban J connectivity index is 2.96. The van der Waals surface area contributed by atoms with Gasteiger partial charge in [-0.15, -0.1) is 0 Å². The van der Waals surface area contributed by atoms with E-state index in [1.165, 1.54) is 0 Å². The van der Waals surface area contributed by atoms with E-state index < -0.39 is 0 Å². The van der Waals surface area contributed by atoms with Gasteiger partial charge < -0.3 is 10.6 Å². The molecule has 16 heavy (non-hydrogen) atoms. The molecular weight excluding hydrogens is 202 g/mol. The maximum absolute atomic E-state index is 12.1. The van der Waals surface area contributed by atoms with Crippen LogP contribution in [0.3, 0.4) is 0 Å². The van der Waals surface area contributed by atoms with Gasteiger partial charge in [-0.25, -0.2) is 0 Å². The van der Waals surface area contributed by atoms with Crippen molar-refractivity contribution in [1.82, 2.24) is 9.88 Å². The van der Waals surface area contributed by atoms with Crippen LogP contribution in [0, 0.1) is 0 Å². The molecule has 0 aliphatic rings. The van der Waals surface area contributed by atoms with Gasteiger partial charge >= 0.3 is 0 Å². The van der Waals surface area contributed by atoms with Crippen LogP contribution in [0.15, 0.2) is 18.3 Å². The van der Waals surface area contributed by atoms with Gasteiger partial charge in [0.15, 0.2) is 0 Å². The Morgan fingerprint density at radius 2 is 2.12 bits per heavy atom. The Bertz CT molecular complexity index is 382. The third-order valence-corrected chi connectivity index (χ3v) is 2.59. The molecule has 0 bridgehead atoms. The van der Waals surface area contributed by atoms with Crippen LogP contribution in [0.2, 0.25) is 0 Å². The highest BCUT2D eigenvalue weighted by Crippen LogP contribution is 2.14. The number of rotatable bonds is 2. The normalized spacial score (nSPS) is 11.3. The average Bonchev–Trinajstić information content (AvgIpc) is 2.26. The number of carbonyl (C=O) groups excluding carboxylic acids is 1. The third-order valence-electron chi connectivity index (χ3n) is 2.59. The summed E-state index contributed by atoms with van der Waals surface area (Å²) >= 11 is 0. The van der Waals surface area contributed by atoms with E-state index >= 15 is 0 Å². The second-order valence-corrected chi connectivity index (χ2v) is 4.79. The smallest absolute Gasteiger partial charge is 0.272 e. The molecule has 0 saturated heterocycles. The van der Waals surface area contributed by atoms with Gasteiger partial charge in [0.05, 0.1) is 0 Å². The van der Waals surface area contributed by atoms with Crippen molar-refractivity contribution in [3.63, 3.8) is 0 Å². The van der Waals surface area contributed by atoms with Gasteiger partial charge in [0.2, 0.25) is 0 Å². The fourth-order valence-corrected chi connectivity index (χ4v) is 1.19. The molecule has 1 rings (SSSR count). The Labute approximate surface area is 96.5 Å². The molecule has 4 nitrogen and oxygen atoms in total. The quantitative estimate of drug-likeness (QED) is 0.821. The van der Waals surface area contributed by atoms with E-state index in [-0.39, 0.29) is 11.4 Å². The number of hydrogen-bond donors (Lipinski definition) is 1. The van der Waals surface area contributed by atoms with E-state index in [9.17, 15) is 4.79 Å². The second-order valence-electron chi connectivity index (χ2n) is 4.79. The number of carbonyl (C=O) groups is 1. The zero-order valence-electron chi connectivity index (χ0n) is 10.3. The molecule has 0 aliphatic heterocycles. The summed E-state index contributed by atoms with van der Waals surface area (Å²) in [6.45, 7) is 6.37. The number of amides is 1. The molecule has 1 heterocycles. The molecule has 2 N–H and O–H groups in total. The Kier molecular flexibility index (Phi) is 3.65. The first-order valence-electron chi connectivity index (χ1n) is 5.29. The summed E-state index contributed by atoms with van der Waals surface area (Å²) in [7, 11) is 1.78. The van der Waals surface area contributed by atoms with Gasteiger partial charge in [0.1, 0.15) is 5.69 Å². The van der Waals surface area contributed by atoms with E-state index in [2.05, 4.69) is 4.98 Å². The van der Waals surface area contributed by atoms with Crippen molar-refractivity contribution < 1.29 is 4.79 Å². The monoisotopic (exact) mass is 221 g/mol. The van der Waals surface area contributed by atoms with E-state index in [0.717, 1.165) is 5.56 Å². The average molecular weight is 221 g/mol. The lowest BCUT2D eigenvalue weighted by atomic mass is 10.1. The molecule has 88 valence electrons. The summed E-state index contributed by atoms with van der Waals surface area (Å²) in [4.78, 5) is 17.8. The fourth-order valence-electron chi connectivity index (χ4n) is 1.19. The summed E-state index contributed by atoms with van der Waals surface area (Å²) < 4.78 is 0. The van der Waals surface area contributed by atoms with Crippen LogP contribution in [-0.4, -0.2) is 28.4 Å². The minimum absolute atomic E-state index is 0.0807. The van der Waals surface area contributed by atoms with Crippen LogP contribution >= 0.6 is 0 Å². The van der Waals surface area contributed by atoms with E-state index in [1.807, 2.05) is 26.8 Å². The minimum Gasteiger partial charge on any atom is -0.336 e. The lowest BCUT2D eigenvalue weighted by Crippen LogP contribution is -2.42. The molecule has 0 aromatic carbocycles. The Hall–Kier alpha value is -1.42. The highest BCUT2D eigenvalue weighted by Gasteiger charge is 2.24. The Morgan fingerprint density at radius 3 is 2.62 bits per heavy atom. The first kappa shape index (κ1) is 12.6. The van der Waals surface area contributed by atoms with Crippen molar-refractivity contribution in [2.24, 2.45) is 5.73 Å². The zero-order valence-corrected chi connectivity index (χ0v) is 10.3. The molecule has 0 aliphatic carbocycles. The van der Waals surface area contributed by atoms with E-state index in [4.69, 9.17) is 5.73 Å². The molecule has 4 heteroatoms. The molecule has 0 saturated carbocycles. The van der Waals surface area contributed by atoms with Crippen LogP contribution in [0.25, 0.3) is 0 Å². The predicted molar refractivity (Wildman–Crippen MR) is 64.0 cm³/mol. The van der Waals surface area contributed by atoms with Crippen LogP contribution in [0.5, 0.6) is 0 Å². The summed E-state index contributed by atoms with van der Waals surface area (Å²) in [5.41, 5.74) is 6.68. The highest BCUT2D eigenvalue weighted by atomic mass is 16.2. The zero-order chi connectivity index (χ0) is 12.3. The van der Waals surface area contributed by atoms with E-state index in [0.29, 0.717) is 12.2 Å². The maximum atomic E-state index is 12.1. The summed E-state index contributed by atoms with van der Waals surface area (Å²) in [6, 6.07) is 3.55. The van der Waals surface area contributed by atoms with Crippen LogP contribution in [0.1, 0.15) is 36.8 Å². The summed E-state index contributed by atoms with van der Waals surface area (Å²) in [5, 5.41) is 0. The molecule has 0 unspecified atom stereocenters. The first-order valence-corrected chi connectivity index (χ1v) is 5.29. The SMILES string of the molecule is CN(C(=O)c1cc(CN)ccn1)C(C)(C)C. The van der Waals surface area contributed by atoms with Crippen molar-refractivity contribution >= 4 is 5.91 Å². The number of nitrogens with two attached hydrogens (primary N) is 1. The fraction of sp³-hybridized carbons (Fsp3) is 0.500. The van der Waals surface area contributed by atoms with Crippen molar-refractivity contribution in [2.45, 2.75) is 32.9 Å². The molecule has 0 radical (unpaired) electrons. The number of aromatic nitrogens is 1. The van der Waals surface area contributed by atoms with E-state index in [1.54, 1.807) is 24.2 Å². The molecular formula is C12H19N3O. The largest absolute Gasteiger partial charge is 0.336 e. The number of pyridine rings is 1. The summed E-state index contributed by atoms with van der Waals surface area (Å²) in [5.74, 6) is -0.0807. The Morgan fingerprint density at radius 1 is 1.50 bits per heavy atom. The van der Waals surface area contributed by atoms with Crippen LogP contribution < -0.4 is 5.73 Å². The van der Waals surface area contributed by atoms with Gasteiger partial charge in [-0.1, -0.05) is 0 Å². The van der Waals surface area contributed by atoms with Gasteiger partial charge in [-0.3, -0.25) is 9.78 Å². The lowest BCUT2D eigenvalue weighted by Gasteiger charge is -2.31. The van der Waals surface area contributed by atoms with Crippen molar-refractivity contribution in [2.75, 3.05) is 7.05 Å². The van der Waals surface area contributed by atoms with Gasteiger partial charge in [-0.05, 0) is 38.5 Å². The van der Waals surface area contributed by atoms with Gasteiger partial charge in [0.25, 0.3) is 5.91 Å². The topological polar surface area (TPSA) is 59.2 Å². The first-order chi connectivity index (χ1) is 7.36. The molecule has 1 aromatic rings. The maximum Gasteiger partial charge on any atom is 0.272 e. The standard InChI is InChI=1S/C12H19N3O/c1-12(2,3)15(4)11(16)10-7-9(8-13)5-6-14-10/h5-7H,8,13H2,1-4H3. The highest BCUT2D eigenvalue weighted by molar-refractivity contribution is 5.92. The van der Waals surface area contributed by atoms with Crippen LogP contribution in [-0.2, 0) is 6.54 Å². The predicted octanol–water partition coefficient (Wildman–Crippen LogP) is 1.41. The van der Waals surface area contributed by atoms with Crippen LogP contribution in [0.4, 0.5) is 0 Å². The lowest BCUT2D eigenvalue weighted by molar-refractivity contribution is 0.0649. The summed E-state index contributed by atoms with van der Waals surface area (Å²) in [6.07, 6.45) is 1.62. The molecule has 0 atom stereocenters. The van der Waals surface area contributed by atoms with Gasteiger partial charge in [-0.2, -0.15) is 0 Å². The number of hydrogen-bond acceptors (Lipinski definition) is 3. The molecule has 0 spiro atoms. The minimum atomic E-state index is -0.211. The second kappa shape index (κ2) is 4.61.